The molecule has 230 valence electrons. The predicted octanol–water partition coefficient (Wildman–Crippen LogP) is 13.0. The fraction of sp³-hybridized carbons (Fsp3) is 0.0625. The quantitative estimate of drug-likeness (QED) is 0.178. The first-order valence-electron chi connectivity index (χ1n) is 17.1. The lowest BCUT2D eigenvalue weighted by Crippen LogP contribution is -2.14. The maximum absolute atomic E-state index is 4.66. The molecule has 1 heteroatoms. The fourth-order valence-corrected chi connectivity index (χ4v) is 8.68. The molecule has 10 rings (SSSR count). The average molecular weight is 624 g/mol. The summed E-state index contributed by atoms with van der Waals surface area (Å²) in [6, 6.07) is 56.1. The monoisotopic (exact) mass is 623 g/mol. The predicted molar refractivity (Wildman–Crippen MR) is 208 cm³/mol. The molecule has 0 saturated heterocycles. The Balaban J connectivity index is 1.42. The SMILES string of the molecule is CC1(C)c2ccccc2-c2c(-c3c4ccccc4c(-c4c5ccccc5cc5ccncc45)c4ccc(-c5ccccc5)cc34)cccc21. The van der Waals surface area contributed by atoms with Gasteiger partial charge in [-0.05, 0) is 106 Å². The fourth-order valence-electron chi connectivity index (χ4n) is 8.68. The Kier molecular flexibility index (Phi) is 5.99. The summed E-state index contributed by atoms with van der Waals surface area (Å²) in [5.41, 5.74) is 12.9. The number of aromatic nitrogens is 1. The van der Waals surface area contributed by atoms with Crippen LogP contribution in [-0.2, 0) is 5.41 Å². The summed E-state index contributed by atoms with van der Waals surface area (Å²) in [5.74, 6) is 0. The van der Waals surface area contributed by atoms with Gasteiger partial charge in [-0.2, -0.15) is 0 Å². The molecule has 0 unspecified atom stereocenters. The van der Waals surface area contributed by atoms with E-state index in [1.807, 2.05) is 12.4 Å². The first-order chi connectivity index (χ1) is 24.1. The van der Waals surface area contributed by atoms with Crippen LogP contribution in [0.15, 0.2) is 164 Å². The molecule has 1 nitrogen and oxygen atoms in total. The molecule has 1 heterocycles. The lowest BCUT2D eigenvalue weighted by atomic mass is 9.80. The second kappa shape index (κ2) is 10.5. The molecule has 49 heavy (non-hydrogen) atoms. The van der Waals surface area contributed by atoms with Gasteiger partial charge in [0, 0.05) is 28.8 Å². The molecule has 0 bridgehead atoms. The van der Waals surface area contributed by atoms with Gasteiger partial charge in [0.25, 0.3) is 0 Å². The van der Waals surface area contributed by atoms with Crippen molar-refractivity contribution in [2.45, 2.75) is 19.3 Å². The molecular formula is C48H33N. The lowest BCUT2D eigenvalue weighted by molar-refractivity contribution is 0.660. The summed E-state index contributed by atoms with van der Waals surface area (Å²) in [7, 11) is 0. The summed E-state index contributed by atoms with van der Waals surface area (Å²) in [6.07, 6.45) is 3.95. The van der Waals surface area contributed by atoms with Gasteiger partial charge in [0.15, 0.2) is 0 Å². The van der Waals surface area contributed by atoms with Crippen LogP contribution >= 0.6 is 0 Å². The number of hydrogen-bond donors (Lipinski definition) is 0. The molecular weight excluding hydrogens is 591 g/mol. The minimum Gasteiger partial charge on any atom is -0.264 e. The summed E-state index contributed by atoms with van der Waals surface area (Å²) < 4.78 is 0. The molecule has 0 amide bonds. The van der Waals surface area contributed by atoms with Gasteiger partial charge in [-0.3, -0.25) is 4.98 Å². The minimum absolute atomic E-state index is 0.0858. The van der Waals surface area contributed by atoms with Gasteiger partial charge in [0.1, 0.15) is 0 Å². The van der Waals surface area contributed by atoms with E-state index in [9.17, 15) is 0 Å². The summed E-state index contributed by atoms with van der Waals surface area (Å²) in [4.78, 5) is 4.66. The van der Waals surface area contributed by atoms with Crippen molar-refractivity contribution in [3.63, 3.8) is 0 Å². The third-order valence-corrected chi connectivity index (χ3v) is 10.9. The van der Waals surface area contributed by atoms with Crippen molar-refractivity contribution in [1.82, 2.24) is 4.98 Å². The standard InChI is InChI=1S/C48H33N/c1-48(2)42-21-11-10-19-38(42)45-39(20-12-22-43(45)48)44-35-17-8-9-18-36(35)47(37-24-23-31(28-40(37)44)30-13-4-3-5-14-30)46-34-16-7-6-15-32(34)27-33-25-26-49-29-41(33)46/h3-29H,1-2H3. The number of hydrogen-bond acceptors (Lipinski definition) is 1. The van der Waals surface area contributed by atoms with E-state index in [2.05, 4.69) is 170 Å². The maximum atomic E-state index is 4.66. The third-order valence-electron chi connectivity index (χ3n) is 10.9. The molecule has 0 aliphatic heterocycles. The summed E-state index contributed by atoms with van der Waals surface area (Å²) in [5, 5.41) is 9.87. The van der Waals surface area contributed by atoms with Crippen LogP contribution in [-0.4, -0.2) is 4.98 Å². The number of nitrogens with zero attached hydrogens (tertiary/aromatic N) is 1. The Labute approximate surface area is 286 Å². The number of pyridine rings is 1. The maximum Gasteiger partial charge on any atom is 0.0352 e. The average Bonchev–Trinajstić information content (AvgIpc) is 3.39. The lowest BCUT2D eigenvalue weighted by Gasteiger charge is -2.23. The van der Waals surface area contributed by atoms with Crippen LogP contribution in [0.5, 0.6) is 0 Å². The highest BCUT2D eigenvalue weighted by molar-refractivity contribution is 6.28. The van der Waals surface area contributed by atoms with Crippen LogP contribution in [0, 0.1) is 0 Å². The molecule has 0 saturated carbocycles. The van der Waals surface area contributed by atoms with Crippen molar-refractivity contribution >= 4 is 43.1 Å². The van der Waals surface area contributed by atoms with Gasteiger partial charge in [-0.1, -0.05) is 147 Å². The molecule has 0 fully saturated rings. The van der Waals surface area contributed by atoms with Gasteiger partial charge < -0.3 is 0 Å². The van der Waals surface area contributed by atoms with E-state index in [1.165, 1.54) is 98.7 Å². The van der Waals surface area contributed by atoms with E-state index < -0.39 is 0 Å². The van der Waals surface area contributed by atoms with Gasteiger partial charge in [-0.25, -0.2) is 0 Å². The van der Waals surface area contributed by atoms with Crippen molar-refractivity contribution in [2.75, 3.05) is 0 Å². The van der Waals surface area contributed by atoms with E-state index in [4.69, 9.17) is 0 Å². The zero-order valence-electron chi connectivity index (χ0n) is 27.5. The molecule has 0 radical (unpaired) electrons. The van der Waals surface area contributed by atoms with Crippen molar-refractivity contribution in [3.8, 4) is 44.5 Å². The van der Waals surface area contributed by atoms with E-state index in [0.29, 0.717) is 0 Å². The third kappa shape index (κ3) is 4.03. The Bertz CT molecular complexity index is 2730. The van der Waals surface area contributed by atoms with Gasteiger partial charge in [0.2, 0.25) is 0 Å². The van der Waals surface area contributed by atoms with Gasteiger partial charge in [0.05, 0.1) is 0 Å². The molecule has 1 aliphatic rings. The van der Waals surface area contributed by atoms with Crippen LogP contribution in [0.3, 0.4) is 0 Å². The molecule has 1 aliphatic carbocycles. The second-order valence-corrected chi connectivity index (χ2v) is 13.9. The van der Waals surface area contributed by atoms with E-state index in [0.717, 1.165) is 0 Å². The van der Waals surface area contributed by atoms with Crippen LogP contribution in [0.4, 0.5) is 0 Å². The largest absolute Gasteiger partial charge is 0.264 e. The van der Waals surface area contributed by atoms with Crippen molar-refractivity contribution < 1.29 is 0 Å². The Hall–Kier alpha value is -6.05. The van der Waals surface area contributed by atoms with Crippen LogP contribution in [0.1, 0.15) is 25.0 Å². The molecule has 1 aromatic heterocycles. The van der Waals surface area contributed by atoms with E-state index in [-0.39, 0.29) is 5.41 Å². The highest BCUT2D eigenvalue weighted by atomic mass is 14.6. The first-order valence-corrected chi connectivity index (χ1v) is 17.1. The highest BCUT2D eigenvalue weighted by Gasteiger charge is 2.37. The van der Waals surface area contributed by atoms with Crippen molar-refractivity contribution in [1.29, 1.82) is 0 Å². The minimum atomic E-state index is -0.0858. The molecule has 0 atom stereocenters. The van der Waals surface area contributed by atoms with Crippen molar-refractivity contribution in [2.24, 2.45) is 0 Å². The van der Waals surface area contributed by atoms with Gasteiger partial charge in [-0.15, -0.1) is 0 Å². The topological polar surface area (TPSA) is 12.9 Å². The molecule has 9 aromatic rings. The van der Waals surface area contributed by atoms with Gasteiger partial charge >= 0.3 is 0 Å². The Morgan fingerprint density at radius 3 is 1.88 bits per heavy atom. The summed E-state index contributed by atoms with van der Waals surface area (Å²) >= 11 is 0. The second-order valence-electron chi connectivity index (χ2n) is 13.9. The smallest absolute Gasteiger partial charge is 0.0352 e. The molecule has 0 spiro atoms. The van der Waals surface area contributed by atoms with Crippen LogP contribution in [0.2, 0.25) is 0 Å². The van der Waals surface area contributed by atoms with Crippen LogP contribution in [0.25, 0.3) is 87.6 Å². The number of benzene rings is 8. The normalized spacial score (nSPS) is 13.3. The highest BCUT2D eigenvalue weighted by Crippen LogP contribution is 2.55. The van der Waals surface area contributed by atoms with E-state index in [1.54, 1.807) is 0 Å². The zero-order chi connectivity index (χ0) is 32.7. The molecule has 0 N–H and O–H groups in total. The molecule has 8 aromatic carbocycles. The number of rotatable bonds is 3. The first kappa shape index (κ1) is 28.0. The van der Waals surface area contributed by atoms with Crippen LogP contribution < -0.4 is 0 Å². The summed E-state index contributed by atoms with van der Waals surface area (Å²) in [6.45, 7) is 4.74. The number of fused-ring (bicyclic) bond motifs is 7. The van der Waals surface area contributed by atoms with Crippen molar-refractivity contribution in [3.05, 3.63) is 175 Å². The Morgan fingerprint density at radius 2 is 1.02 bits per heavy atom. The van der Waals surface area contributed by atoms with E-state index >= 15 is 0 Å². The zero-order valence-corrected chi connectivity index (χ0v) is 27.5. The Morgan fingerprint density at radius 1 is 0.388 bits per heavy atom.